The molecule has 9 heteroatoms. The minimum atomic E-state index is -1.03. The Hall–Kier alpha value is -3.49. The van der Waals surface area contributed by atoms with Crippen LogP contribution in [-0.2, 0) is 33.4 Å². The monoisotopic (exact) mass is 419 g/mol. The van der Waals surface area contributed by atoms with Crippen molar-refractivity contribution in [2.24, 2.45) is 0 Å². The molecule has 1 rings (SSSR count). The summed E-state index contributed by atoms with van der Waals surface area (Å²) in [5.74, 6) is -2.93. The second-order valence-corrected chi connectivity index (χ2v) is 6.37. The van der Waals surface area contributed by atoms with E-state index in [0.717, 1.165) is 4.90 Å². The van der Waals surface area contributed by atoms with Crippen LogP contribution in [0.3, 0.4) is 0 Å². The van der Waals surface area contributed by atoms with Gasteiger partial charge in [-0.05, 0) is 37.6 Å². The average molecular weight is 419 g/mol. The average Bonchev–Trinajstić information content (AvgIpc) is 2.74. The summed E-state index contributed by atoms with van der Waals surface area (Å²) < 4.78 is 14.1. The Kier molecular flexibility index (Phi) is 9.41. The maximum Gasteiger partial charge on any atom is 0.337 e. The molecule has 1 unspecified atom stereocenters. The highest BCUT2D eigenvalue weighted by Gasteiger charge is 2.29. The summed E-state index contributed by atoms with van der Waals surface area (Å²) in [5, 5.41) is 0. The number of rotatable bonds is 9. The topological polar surface area (TPSA) is 116 Å². The van der Waals surface area contributed by atoms with E-state index in [1.165, 1.54) is 53.4 Å². The highest BCUT2D eigenvalue weighted by molar-refractivity contribution is 6.00. The van der Waals surface area contributed by atoms with E-state index in [0.29, 0.717) is 11.1 Å². The van der Waals surface area contributed by atoms with Gasteiger partial charge in [0, 0.05) is 0 Å². The SMILES string of the molecule is COC(=O)/C(=C/c1ccc(C(=O)OC)cc1)CN(C(=O)CC(C)=O)C(C)C(=O)OC. The quantitative estimate of drug-likeness (QED) is 0.255. The summed E-state index contributed by atoms with van der Waals surface area (Å²) in [4.78, 5) is 60.8. The number of esters is 3. The number of nitrogens with zero attached hydrogens (tertiary/aromatic N) is 1. The number of carbonyl (C=O) groups is 5. The van der Waals surface area contributed by atoms with E-state index >= 15 is 0 Å². The fourth-order valence-corrected chi connectivity index (χ4v) is 2.57. The van der Waals surface area contributed by atoms with Crippen molar-refractivity contribution in [3.63, 3.8) is 0 Å². The number of ketones is 1. The molecule has 0 aliphatic rings. The lowest BCUT2D eigenvalue weighted by Gasteiger charge is -2.27. The zero-order chi connectivity index (χ0) is 22.8. The standard InChI is InChI=1S/C21H25NO8/c1-13(23)10-18(24)22(14(2)19(25)28-3)12-17(21(27)30-5)11-15-6-8-16(9-7-15)20(26)29-4/h6-9,11,14H,10,12H2,1-5H3/b17-11+. The fourth-order valence-electron chi connectivity index (χ4n) is 2.57. The Labute approximate surface area is 174 Å². The molecule has 0 radical (unpaired) electrons. The van der Waals surface area contributed by atoms with Crippen LogP contribution in [0.2, 0.25) is 0 Å². The van der Waals surface area contributed by atoms with Crippen LogP contribution >= 0.6 is 0 Å². The molecule has 0 aliphatic carbocycles. The predicted octanol–water partition coefficient (Wildman–Crippen LogP) is 1.40. The lowest BCUT2D eigenvalue weighted by Crippen LogP contribution is -2.46. The molecular formula is C21H25NO8. The Morgan fingerprint density at radius 2 is 1.57 bits per heavy atom. The molecule has 0 spiro atoms. The first-order valence-corrected chi connectivity index (χ1v) is 8.98. The molecule has 1 aromatic carbocycles. The summed E-state index contributed by atoms with van der Waals surface area (Å²) in [6.45, 7) is 2.40. The Morgan fingerprint density at radius 3 is 2.03 bits per heavy atom. The molecule has 1 atom stereocenters. The summed E-state index contributed by atoms with van der Waals surface area (Å²) >= 11 is 0. The van der Waals surface area contributed by atoms with Gasteiger partial charge in [-0.25, -0.2) is 14.4 Å². The van der Waals surface area contributed by atoms with E-state index in [1.54, 1.807) is 12.1 Å². The molecule has 1 amide bonds. The normalized spacial score (nSPS) is 11.8. The Morgan fingerprint density at radius 1 is 0.967 bits per heavy atom. The number of ether oxygens (including phenoxy) is 3. The van der Waals surface area contributed by atoms with Crippen LogP contribution in [0.1, 0.15) is 36.2 Å². The fraction of sp³-hybridized carbons (Fsp3) is 0.381. The van der Waals surface area contributed by atoms with Crippen LogP contribution in [0, 0.1) is 0 Å². The van der Waals surface area contributed by atoms with E-state index in [1.807, 2.05) is 0 Å². The van der Waals surface area contributed by atoms with Gasteiger partial charge in [0.1, 0.15) is 11.8 Å². The summed E-state index contributed by atoms with van der Waals surface area (Å²) in [6, 6.07) is 5.17. The number of hydrogen-bond donors (Lipinski definition) is 0. The molecule has 0 saturated heterocycles. The zero-order valence-corrected chi connectivity index (χ0v) is 17.6. The van der Waals surface area contributed by atoms with Crippen LogP contribution in [-0.4, -0.2) is 68.4 Å². The third-order valence-corrected chi connectivity index (χ3v) is 4.19. The van der Waals surface area contributed by atoms with Gasteiger partial charge in [-0.15, -0.1) is 0 Å². The van der Waals surface area contributed by atoms with Gasteiger partial charge in [0.25, 0.3) is 0 Å². The highest BCUT2D eigenvalue weighted by atomic mass is 16.5. The maximum atomic E-state index is 12.5. The van der Waals surface area contributed by atoms with Crippen LogP contribution in [0.5, 0.6) is 0 Å². The molecule has 162 valence electrons. The summed E-state index contributed by atoms with van der Waals surface area (Å²) in [5.41, 5.74) is 0.940. The largest absolute Gasteiger partial charge is 0.467 e. The van der Waals surface area contributed by atoms with Gasteiger partial charge >= 0.3 is 17.9 Å². The minimum Gasteiger partial charge on any atom is -0.467 e. The van der Waals surface area contributed by atoms with Crippen molar-refractivity contribution in [3.05, 3.63) is 41.0 Å². The molecule has 0 fully saturated rings. The van der Waals surface area contributed by atoms with Crippen LogP contribution in [0.15, 0.2) is 29.8 Å². The third-order valence-electron chi connectivity index (χ3n) is 4.19. The molecule has 30 heavy (non-hydrogen) atoms. The molecule has 0 aliphatic heterocycles. The van der Waals surface area contributed by atoms with Crippen molar-refractivity contribution in [2.75, 3.05) is 27.9 Å². The highest BCUT2D eigenvalue weighted by Crippen LogP contribution is 2.15. The molecule has 1 aromatic rings. The van der Waals surface area contributed by atoms with Crippen LogP contribution in [0.4, 0.5) is 0 Å². The van der Waals surface area contributed by atoms with Crippen molar-refractivity contribution in [2.45, 2.75) is 26.3 Å². The maximum absolute atomic E-state index is 12.5. The number of amides is 1. The lowest BCUT2D eigenvalue weighted by atomic mass is 10.1. The van der Waals surface area contributed by atoms with Gasteiger partial charge in [-0.1, -0.05) is 12.1 Å². The van der Waals surface area contributed by atoms with Crippen LogP contribution < -0.4 is 0 Å². The first kappa shape index (κ1) is 24.5. The number of methoxy groups -OCH3 is 3. The summed E-state index contributed by atoms with van der Waals surface area (Å²) in [7, 11) is 3.62. The molecule has 0 N–H and O–H groups in total. The van der Waals surface area contributed by atoms with Crippen molar-refractivity contribution < 1.29 is 38.2 Å². The van der Waals surface area contributed by atoms with E-state index in [-0.39, 0.29) is 17.9 Å². The summed E-state index contributed by atoms with van der Waals surface area (Å²) in [6.07, 6.45) is 1.04. The number of Topliss-reactive ketones (excluding diaryl/α,β-unsaturated/α-hetero) is 1. The molecular weight excluding hydrogens is 394 g/mol. The van der Waals surface area contributed by atoms with Crippen molar-refractivity contribution in [1.82, 2.24) is 4.90 Å². The molecule has 0 aromatic heterocycles. The Bertz CT molecular complexity index is 841. The van der Waals surface area contributed by atoms with E-state index in [4.69, 9.17) is 4.74 Å². The van der Waals surface area contributed by atoms with E-state index < -0.39 is 36.3 Å². The molecule has 0 bridgehead atoms. The molecule has 0 saturated carbocycles. The van der Waals surface area contributed by atoms with Gasteiger partial charge in [-0.3, -0.25) is 9.59 Å². The molecule has 9 nitrogen and oxygen atoms in total. The Balaban J connectivity index is 3.29. The second-order valence-electron chi connectivity index (χ2n) is 6.37. The minimum absolute atomic E-state index is 0.0657. The van der Waals surface area contributed by atoms with Crippen molar-refractivity contribution in [1.29, 1.82) is 0 Å². The van der Waals surface area contributed by atoms with Crippen molar-refractivity contribution >= 4 is 35.7 Å². The third kappa shape index (κ3) is 6.84. The number of benzene rings is 1. The zero-order valence-electron chi connectivity index (χ0n) is 17.6. The lowest BCUT2D eigenvalue weighted by molar-refractivity contribution is -0.152. The number of carbonyl (C=O) groups excluding carboxylic acids is 5. The second kappa shape index (κ2) is 11.5. The predicted molar refractivity (Wildman–Crippen MR) is 106 cm³/mol. The van der Waals surface area contributed by atoms with Gasteiger partial charge < -0.3 is 19.1 Å². The first-order chi connectivity index (χ1) is 14.1. The van der Waals surface area contributed by atoms with Crippen LogP contribution in [0.25, 0.3) is 6.08 Å². The number of hydrogen-bond acceptors (Lipinski definition) is 8. The van der Waals surface area contributed by atoms with Gasteiger partial charge in [0.15, 0.2) is 0 Å². The van der Waals surface area contributed by atoms with Gasteiger partial charge in [-0.2, -0.15) is 0 Å². The van der Waals surface area contributed by atoms with Gasteiger partial charge in [0.05, 0.1) is 45.4 Å². The van der Waals surface area contributed by atoms with E-state index in [9.17, 15) is 24.0 Å². The van der Waals surface area contributed by atoms with Crippen molar-refractivity contribution in [3.8, 4) is 0 Å². The molecule has 0 heterocycles. The first-order valence-electron chi connectivity index (χ1n) is 8.98. The van der Waals surface area contributed by atoms with E-state index in [2.05, 4.69) is 9.47 Å². The smallest absolute Gasteiger partial charge is 0.337 e. The van der Waals surface area contributed by atoms with Gasteiger partial charge in [0.2, 0.25) is 5.91 Å².